The summed E-state index contributed by atoms with van der Waals surface area (Å²) in [6.07, 6.45) is 6.24. The highest BCUT2D eigenvalue weighted by atomic mass is 35.5. The Morgan fingerprint density at radius 1 is 1.29 bits per heavy atom. The number of halogens is 1. The molecule has 2 saturated carbocycles. The molecule has 0 saturated heterocycles. The van der Waals surface area contributed by atoms with Crippen LogP contribution in [0.2, 0.25) is 5.02 Å². The van der Waals surface area contributed by atoms with Crippen LogP contribution in [0, 0.1) is 5.92 Å². The van der Waals surface area contributed by atoms with E-state index in [1.165, 1.54) is 12.0 Å². The van der Waals surface area contributed by atoms with Crippen molar-refractivity contribution in [3.63, 3.8) is 0 Å². The minimum atomic E-state index is 0.112. The molecule has 2 fully saturated rings. The molecule has 2 unspecified atom stereocenters. The van der Waals surface area contributed by atoms with E-state index in [2.05, 4.69) is 17.4 Å². The third kappa shape index (κ3) is 3.09. The maximum atomic E-state index is 12.3. The number of hydrogen-bond acceptors (Lipinski definition) is 2. The van der Waals surface area contributed by atoms with E-state index in [-0.39, 0.29) is 23.3 Å². The number of nitrogens with one attached hydrogen (secondary N) is 1. The molecule has 3 nitrogen and oxygen atoms in total. The van der Waals surface area contributed by atoms with Crippen LogP contribution < -0.4 is 11.1 Å². The Kier molecular flexibility index (Phi) is 4.23. The van der Waals surface area contributed by atoms with Crippen LogP contribution in [-0.4, -0.2) is 18.5 Å². The van der Waals surface area contributed by atoms with Gasteiger partial charge in [0.2, 0.25) is 5.91 Å². The van der Waals surface area contributed by atoms with E-state index in [9.17, 15) is 4.79 Å². The van der Waals surface area contributed by atoms with E-state index in [4.69, 9.17) is 17.3 Å². The van der Waals surface area contributed by atoms with Gasteiger partial charge in [-0.15, -0.1) is 0 Å². The second-order valence-corrected chi connectivity index (χ2v) is 7.07. The average molecular weight is 307 g/mol. The summed E-state index contributed by atoms with van der Waals surface area (Å²) < 4.78 is 0. The number of nitrogens with two attached hydrogens (primary N) is 1. The summed E-state index contributed by atoms with van der Waals surface area (Å²) in [5, 5.41) is 3.93. The van der Waals surface area contributed by atoms with E-state index >= 15 is 0 Å². The van der Waals surface area contributed by atoms with Gasteiger partial charge in [0.1, 0.15) is 0 Å². The molecule has 3 rings (SSSR count). The van der Waals surface area contributed by atoms with Crippen LogP contribution in [0.15, 0.2) is 24.3 Å². The van der Waals surface area contributed by atoms with Gasteiger partial charge in [0.05, 0.1) is 0 Å². The van der Waals surface area contributed by atoms with Crippen molar-refractivity contribution < 1.29 is 4.79 Å². The fourth-order valence-corrected chi connectivity index (χ4v) is 3.76. The van der Waals surface area contributed by atoms with Crippen molar-refractivity contribution in [2.24, 2.45) is 11.7 Å². The maximum Gasteiger partial charge on any atom is 0.223 e. The molecular formula is C17H23ClN2O. The predicted molar refractivity (Wildman–Crippen MR) is 85.3 cm³/mol. The molecule has 0 radical (unpaired) electrons. The standard InChI is InChI=1S/C17H23ClN2O/c18-14-5-3-13(4-6-14)17(8-1-9-17)11-20-16(21)12-2-7-15(19)10-12/h3-6,12,15H,1-2,7-11,19H2,(H,20,21). The highest BCUT2D eigenvalue weighted by Crippen LogP contribution is 2.43. The van der Waals surface area contributed by atoms with Crippen molar-refractivity contribution in [3.05, 3.63) is 34.9 Å². The summed E-state index contributed by atoms with van der Waals surface area (Å²) in [6.45, 7) is 0.735. The smallest absolute Gasteiger partial charge is 0.223 e. The molecule has 2 atom stereocenters. The van der Waals surface area contributed by atoms with Gasteiger partial charge in [-0.3, -0.25) is 4.79 Å². The van der Waals surface area contributed by atoms with Crippen molar-refractivity contribution in [3.8, 4) is 0 Å². The molecule has 0 spiro atoms. The summed E-state index contributed by atoms with van der Waals surface area (Å²) in [7, 11) is 0. The van der Waals surface area contributed by atoms with Crippen LogP contribution in [0.5, 0.6) is 0 Å². The molecule has 1 aromatic carbocycles. The van der Waals surface area contributed by atoms with E-state index in [0.29, 0.717) is 0 Å². The van der Waals surface area contributed by atoms with Gasteiger partial charge in [0, 0.05) is 28.9 Å². The minimum Gasteiger partial charge on any atom is -0.355 e. The van der Waals surface area contributed by atoms with Crippen LogP contribution >= 0.6 is 11.6 Å². The van der Waals surface area contributed by atoms with Gasteiger partial charge in [-0.05, 0) is 49.8 Å². The van der Waals surface area contributed by atoms with Crippen molar-refractivity contribution in [1.82, 2.24) is 5.32 Å². The van der Waals surface area contributed by atoms with Gasteiger partial charge in [-0.1, -0.05) is 30.2 Å². The second kappa shape index (κ2) is 5.98. The Morgan fingerprint density at radius 3 is 2.52 bits per heavy atom. The van der Waals surface area contributed by atoms with Gasteiger partial charge >= 0.3 is 0 Å². The van der Waals surface area contributed by atoms with Gasteiger partial charge < -0.3 is 11.1 Å². The molecule has 114 valence electrons. The lowest BCUT2D eigenvalue weighted by molar-refractivity contribution is -0.125. The SMILES string of the molecule is NC1CCC(C(=O)NCC2(c3ccc(Cl)cc3)CCC2)C1. The molecule has 0 heterocycles. The molecular weight excluding hydrogens is 284 g/mol. The average Bonchev–Trinajstić information content (AvgIpc) is 2.86. The first-order chi connectivity index (χ1) is 10.1. The van der Waals surface area contributed by atoms with E-state index in [1.807, 2.05) is 12.1 Å². The summed E-state index contributed by atoms with van der Waals surface area (Å²) in [5.74, 6) is 0.297. The van der Waals surface area contributed by atoms with Gasteiger partial charge in [0.15, 0.2) is 0 Å². The van der Waals surface area contributed by atoms with E-state index in [1.54, 1.807) is 0 Å². The van der Waals surface area contributed by atoms with Crippen molar-refractivity contribution in [2.75, 3.05) is 6.54 Å². The zero-order chi connectivity index (χ0) is 14.9. The van der Waals surface area contributed by atoms with Crippen molar-refractivity contribution in [2.45, 2.75) is 50.0 Å². The van der Waals surface area contributed by atoms with Crippen molar-refractivity contribution >= 4 is 17.5 Å². The first kappa shape index (κ1) is 14.9. The van der Waals surface area contributed by atoms with Crippen LogP contribution in [0.1, 0.15) is 44.1 Å². The number of hydrogen-bond donors (Lipinski definition) is 2. The number of carbonyl (C=O) groups is 1. The van der Waals surface area contributed by atoms with E-state index in [0.717, 1.165) is 43.7 Å². The summed E-state index contributed by atoms with van der Waals surface area (Å²) >= 11 is 5.97. The molecule has 0 aromatic heterocycles. The normalized spacial score (nSPS) is 27.1. The van der Waals surface area contributed by atoms with E-state index < -0.39 is 0 Å². The third-order valence-electron chi connectivity index (χ3n) is 5.21. The largest absolute Gasteiger partial charge is 0.355 e. The predicted octanol–water partition coefficient (Wildman–Crippen LogP) is 3.01. The fourth-order valence-electron chi connectivity index (χ4n) is 3.63. The van der Waals surface area contributed by atoms with Crippen LogP contribution in [0.25, 0.3) is 0 Å². The minimum absolute atomic E-state index is 0.112. The Bertz CT molecular complexity index is 510. The number of rotatable bonds is 4. The quantitative estimate of drug-likeness (QED) is 0.898. The monoisotopic (exact) mass is 306 g/mol. The molecule has 0 bridgehead atoms. The van der Waals surface area contributed by atoms with Gasteiger partial charge in [-0.2, -0.15) is 0 Å². The lowest BCUT2D eigenvalue weighted by Gasteiger charge is -2.43. The summed E-state index contributed by atoms with van der Waals surface area (Å²) in [6, 6.07) is 8.27. The van der Waals surface area contributed by atoms with Crippen LogP contribution in [-0.2, 0) is 10.2 Å². The summed E-state index contributed by atoms with van der Waals surface area (Å²) in [4.78, 5) is 12.3. The topological polar surface area (TPSA) is 55.1 Å². The third-order valence-corrected chi connectivity index (χ3v) is 5.46. The lowest BCUT2D eigenvalue weighted by atomic mass is 9.64. The molecule has 2 aliphatic carbocycles. The summed E-state index contributed by atoms with van der Waals surface area (Å²) in [5.41, 5.74) is 7.30. The number of carbonyl (C=O) groups excluding carboxylic acids is 1. The van der Waals surface area contributed by atoms with Crippen LogP contribution in [0.3, 0.4) is 0 Å². The zero-order valence-electron chi connectivity index (χ0n) is 12.3. The van der Waals surface area contributed by atoms with Gasteiger partial charge in [0.25, 0.3) is 0 Å². The fraction of sp³-hybridized carbons (Fsp3) is 0.588. The number of amides is 1. The van der Waals surface area contributed by atoms with Crippen molar-refractivity contribution in [1.29, 1.82) is 0 Å². The molecule has 21 heavy (non-hydrogen) atoms. The zero-order valence-corrected chi connectivity index (χ0v) is 13.0. The first-order valence-corrected chi connectivity index (χ1v) is 8.26. The highest BCUT2D eigenvalue weighted by Gasteiger charge is 2.39. The number of benzene rings is 1. The van der Waals surface area contributed by atoms with Gasteiger partial charge in [-0.25, -0.2) is 0 Å². The molecule has 4 heteroatoms. The Balaban J connectivity index is 1.62. The maximum absolute atomic E-state index is 12.3. The molecule has 3 N–H and O–H groups in total. The Labute approximate surface area is 131 Å². The molecule has 1 aromatic rings. The lowest BCUT2D eigenvalue weighted by Crippen LogP contribution is -2.46. The van der Waals surface area contributed by atoms with Crippen LogP contribution in [0.4, 0.5) is 0 Å². The highest BCUT2D eigenvalue weighted by molar-refractivity contribution is 6.30. The first-order valence-electron chi connectivity index (χ1n) is 7.88. The molecule has 2 aliphatic rings. The Hall–Kier alpha value is -1.06. The Morgan fingerprint density at radius 2 is 2.00 bits per heavy atom. The molecule has 0 aliphatic heterocycles. The molecule has 1 amide bonds. The second-order valence-electron chi connectivity index (χ2n) is 6.63.